The fourth-order valence-electron chi connectivity index (χ4n) is 1.13. The lowest BCUT2D eigenvalue weighted by atomic mass is 10.3. The van der Waals surface area contributed by atoms with E-state index >= 15 is 0 Å². The van der Waals surface area contributed by atoms with E-state index in [1.54, 1.807) is 11.8 Å². The minimum atomic E-state index is 0.302. The summed E-state index contributed by atoms with van der Waals surface area (Å²) >= 11 is 7.79. The third-order valence-corrected chi connectivity index (χ3v) is 3.50. The van der Waals surface area contributed by atoms with Gasteiger partial charge in [-0.2, -0.15) is 0 Å². The van der Waals surface area contributed by atoms with Crippen molar-refractivity contribution in [3.8, 4) is 0 Å². The van der Waals surface area contributed by atoms with Crippen LogP contribution in [0.1, 0.15) is 19.3 Å². The zero-order chi connectivity index (χ0) is 10.2. The number of halogens is 1. The maximum Gasteiger partial charge on any atom is 0.0541 e. The van der Waals surface area contributed by atoms with Gasteiger partial charge in [-0.15, -0.1) is 11.8 Å². The van der Waals surface area contributed by atoms with Crippen LogP contribution in [0.2, 0.25) is 5.02 Å². The molecule has 3 heteroatoms. The Hall–Kier alpha value is -0.180. The highest BCUT2D eigenvalue weighted by atomic mass is 35.5. The summed E-state index contributed by atoms with van der Waals surface area (Å²) in [5.41, 5.74) is 0. The van der Waals surface area contributed by atoms with Crippen molar-refractivity contribution >= 4 is 23.4 Å². The highest BCUT2D eigenvalue weighted by molar-refractivity contribution is 7.99. The molecule has 78 valence electrons. The van der Waals surface area contributed by atoms with Crippen LogP contribution in [0.5, 0.6) is 0 Å². The van der Waals surface area contributed by atoms with Crippen LogP contribution in [0, 0.1) is 0 Å². The fourth-order valence-corrected chi connectivity index (χ4v) is 2.38. The molecule has 0 aromatic heterocycles. The summed E-state index contributed by atoms with van der Waals surface area (Å²) in [4.78, 5) is 1.15. The predicted molar refractivity (Wildman–Crippen MR) is 63.1 cm³/mol. The molecule has 0 fully saturated rings. The quantitative estimate of drug-likeness (QED) is 0.595. The molecule has 0 amide bonds. The zero-order valence-electron chi connectivity index (χ0n) is 8.08. The molecular weight excluding hydrogens is 216 g/mol. The molecule has 0 bridgehead atoms. The normalized spacial score (nSPS) is 10.4. The largest absolute Gasteiger partial charge is 0.396 e. The van der Waals surface area contributed by atoms with Crippen molar-refractivity contribution in [3.63, 3.8) is 0 Å². The topological polar surface area (TPSA) is 20.2 Å². The Morgan fingerprint density at radius 1 is 1.14 bits per heavy atom. The standard InChI is InChI=1S/C11H15ClOS/c12-10-6-2-3-7-11(10)14-9-5-1-4-8-13/h2-3,6-7,13H,1,4-5,8-9H2. The van der Waals surface area contributed by atoms with Crippen LogP contribution in [-0.2, 0) is 0 Å². The summed E-state index contributed by atoms with van der Waals surface area (Å²) in [6.45, 7) is 0.302. The smallest absolute Gasteiger partial charge is 0.0541 e. The summed E-state index contributed by atoms with van der Waals surface area (Å²) in [5, 5.41) is 9.43. The molecule has 14 heavy (non-hydrogen) atoms. The number of aliphatic hydroxyl groups is 1. The van der Waals surface area contributed by atoms with E-state index < -0.39 is 0 Å². The van der Waals surface area contributed by atoms with Crippen molar-refractivity contribution in [1.82, 2.24) is 0 Å². The highest BCUT2D eigenvalue weighted by Crippen LogP contribution is 2.27. The van der Waals surface area contributed by atoms with Gasteiger partial charge in [0.2, 0.25) is 0 Å². The van der Waals surface area contributed by atoms with Gasteiger partial charge in [0.25, 0.3) is 0 Å². The van der Waals surface area contributed by atoms with E-state index in [1.165, 1.54) is 0 Å². The van der Waals surface area contributed by atoms with Gasteiger partial charge >= 0.3 is 0 Å². The number of hydrogen-bond donors (Lipinski definition) is 1. The van der Waals surface area contributed by atoms with Gasteiger partial charge in [-0.3, -0.25) is 0 Å². The van der Waals surface area contributed by atoms with Gasteiger partial charge in [-0.25, -0.2) is 0 Å². The van der Waals surface area contributed by atoms with E-state index in [1.807, 2.05) is 24.3 Å². The molecule has 1 nitrogen and oxygen atoms in total. The Balaban J connectivity index is 2.21. The first-order chi connectivity index (χ1) is 6.84. The Morgan fingerprint density at radius 2 is 1.93 bits per heavy atom. The van der Waals surface area contributed by atoms with Crippen LogP contribution in [0.25, 0.3) is 0 Å². The van der Waals surface area contributed by atoms with E-state index in [9.17, 15) is 0 Å². The number of unbranched alkanes of at least 4 members (excludes halogenated alkanes) is 2. The molecule has 0 atom stereocenters. The lowest BCUT2D eigenvalue weighted by Crippen LogP contribution is -1.85. The van der Waals surface area contributed by atoms with Crippen molar-refractivity contribution in [1.29, 1.82) is 0 Å². The maximum atomic E-state index is 8.60. The van der Waals surface area contributed by atoms with Gasteiger partial charge in [-0.05, 0) is 30.7 Å². The molecule has 0 heterocycles. The lowest BCUT2D eigenvalue weighted by Gasteiger charge is -2.02. The van der Waals surface area contributed by atoms with Crippen molar-refractivity contribution in [2.24, 2.45) is 0 Å². The lowest BCUT2D eigenvalue weighted by molar-refractivity contribution is 0.284. The van der Waals surface area contributed by atoms with Crippen LogP contribution in [0.15, 0.2) is 29.2 Å². The number of hydrogen-bond acceptors (Lipinski definition) is 2. The van der Waals surface area contributed by atoms with Crippen LogP contribution in [0.3, 0.4) is 0 Å². The molecule has 0 spiro atoms. The molecule has 1 N–H and O–H groups in total. The number of aliphatic hydroxyl groups excluding tert-OH is 1. The molecule has 0 aliphatic carbocycles. The SMILES string of the molecule is OCCCCCSc1ccccc1Cl. The van der Waals surface area contributed by atoms with Crippen molar-refractivity contribution in [3.05, 3.63) is 29.3 Å². The van der Waals surface area contributed by atoms with Gasteiger partial charge in [0.15, 0.2) is 0 Å². The molecule has 0 saturated carbocycles. The Bertz CT molecular complexity index is 265. The van der Waals surface area contributed by atoms with Crippen LogP contribution >= 0.6 is 23.4 Å². The predicted octanol–water partition coefficient (Wildman–Crippen LogP) is 3.59. The second-order valence-electron chi connectivity index (χ2n) is 3.06. The molecule has 0 radical (unpaired) electrons. The summed E-state index contributed by atoms with van der Waals surface area (Å²) in [6.07, 6.45) is 3.13. The van der Waals surface area contributed by atoms with Gasteiger partial charge in [0.05, 0.1) is 5.02 Å². The van der Waals surface area contributed by atoms with Crippen LogP contribution < -0.4 is 0 Å². The third-order valence-electron chi connectivity index (χ3n) is 1.90. The first kappa shape index (κ1) is 11.9. The molecule has 0 aliphatic heterocycles. The van der Waals surface area contributed by atoms with Gasteiger partial charge in [-0.1, -0.05) is 30.2 Å². The first-order valence-electron chi connectivity index (χ1n) is 4.83. The maximum absolute atomic E-state index is 8.60. The molecule has 0 unspecified atom stereocenters. The van der Waals surface area contributed by atoms with Gasteiger partial charge < -0.3 is 5.11 Å². The minimum absolute atomic E-state index is 0.302. The van der Waals surface area contributed by atoms with Crippen molar-refractivity contribution < 1.29 is 5.11 Å². The number of benzene rings is 1. The second-order valence-corrected chi connectivity index (χ2v) is 4.61. The average molecular weight is 231 g/mol. The Labute approximate surface area is 94.5 Å². The zero-order valence-corrected chi connectivity index (χ0v) is 9.65. The first-order valence-corrected chi connectivity index (χ1v) is 6.19. The number of thioether (sulfide) groups is 1. The van der Waals surface area contributed by atoms with E-state index in [-0.39, 0.29) is 0 Å². The summed E-state index contributed by atoms with van der Waals surface area (Å²) in [7, 11) is 0. The van der Waals surface area contributed by atoms with Gasteiger partial charge in [0, 0.05) is 11.5 Å². The van der Waals surface area contributed by atoms with E-state index in [0.717, 1.165) is 34.9 Å². The second kappa shape index (κ2) is 7.16. The molecule has 0 aliphatic rings. The monoisotopic (exact) mass is 230 g/mol. The molecule has 1 aromatic carbocycles. The van der Waals surface area contributed by atoms with E-state index in [2.05, 4.69) is 0 Å². The summed E-state index contributed by atoms with van der Waals surface area (Å²) < 4.78 is 0. The fraction of sp³-hybridized carbons (Fsp3) is 0.455. The Kier molecular flexibility index (Phi) is 6.08. The minimum Gasteiger partial charge on any atom is -0.396 e. The van der Waals surface area contributed by atoms with E-state index in [0.29, 0.717) is 6.61 Å². The van der Waals surface area contributed by atoms with E-state index in [4.69, 9.17) is 16.7 Å². The molecule has 1 rings (SSSR count). The third kappa shape index (κ3) is 4.36. The Morgan fingerprint density at radius 3 is 2.64 bits per heavy atom. The summed E-state index contributed by atoms with van der Waals surface area (Å²) in [5.74, 6) is 1.07. The molecule has 0 saturated heterocycles. The average Bonchev–Trinajstić information content (AvgIpc) is 2.20. The van der Waals surface area contributed by atoms with Crippen molar-refractivity contribution in [2.45, 2.75) is 24.2 Å². The molecule has 1 aromatic rings. The number of rotatable bonds is 6. The van der Waals surface area contributed by atoms with Gasteiger partial charge in [0.1, 0.15) is 0 Å². The van der Waals surface area contributed by atoms with Crippen molar-refractivity contribution in [2.75, 3.05) is 12.4 Å². The van der Waals surface area contributed by atoms with Crippen LogP contribution in [0.4, 0.5) is 0 Å². The highest BCUT2D eigenvalue weighted by Gasteiger charge is 1.98. The van der Waals surface area contributed by atoms with Crippen LogP contribution in [-0.4, -0.2) is 17.5 Å². The molecular formula is C11H15ClOS. The summed E-state index contributed by atoms with van der Waals surface area (Å²) in [6, 6.07) is 7.90.